The molecule has 0 saturated carbocycles. The van der Waals surface area contributed by atoms with E-state index in [4.69, 9.17) is 4.74 Å². The van der Waals surface area contributed by atoms with Crippen molar-refractivity contribution in [2.75, 3.05) is 25.1 Å². The molecule has 1 heterocycles. The summed E-state index contributed by atoms with van der Waals surface area (Å²) in [5.41, 5.74) is 1.04. The summed E-state index contributed by atoms with van der Waals surface area (Å²) in [6, 6.07) is 7.71. The normalized spacial score (nSPS) is 19.4. The number of hydrogen-bond donors (Lipinski definition) is 0. The van der Waals surface area contributed by atoms with Crippen molar-refractivity contribution < 1.29 is 9.66 Å². The second-order valence-corrected chi connectivity index (χ2v) is 4.20. The molecule has 1 saturated heterocycles. The van der Waals surface area contributed by atoms with E-state index in [0.29, 0.717) is 0 Å². The monoisotopic (exact) mass is 236 g/mol. The third-order valence-corrected chi connectivity index (χ3v) is 3.14. The number of ether oxygens (including phenoxy) is 1. The Kier molecular flexibility index (Phi) is 3.46. The Morgan fingerprint density at radius 3 is 2.76 bits per heavy atom. The summed E-state index contributed by atoms with van der Waals surface area (Å²) >= 11 is 0. The van der Waals surface area contributed by atoms with E-state index in [2.05, 4.69) is 4.90 Å². The minimum atomic E-state index is -0.230. The van der Waals surface area contributed by atoms with Crippen LogP contribution in [0, 0.1) is 10.1 Å². The van der Waals surface area contributed by atoms with E-state index in [1.165, 1.54) is 0 Å². The number of hydrogen-bond acceptors (Lipinski definition) is 4. The highest BCUT2D eigenvalue weighted by Crippen LogP contribution is 2.27. The molecule has 2 rings (SSSR count). The molecular weight excluding hydrogens is 220 g/mol. The summed E-state index contributed by atoms with van der Waals surface area (Å²) in [6.07, 6.45) is 1.91. The molecule has 5 heteroatoms. The zero-order valence-electron chi connectivity index (χ0n) is 9.83. The topological polar surface area (TPSA) is 55.6 Å². The maximum Gasteiger partial charge on any atom is 0.223 e. The van der Waals surface area contributed by atoms with Gasteiger partial charge in [0.15, 0.2) is 0 Å². The molecule has 1 aromatic carbocycles. The smallest absolute Gasteiger partial charge is 0.223 e. The van der Waals surface area contributed by atoms with Gasteiger partial charge in [-0.3, -0.25) is 10.1 Å². The first kappa shape index (κ1) is 11.7. The fourth-order valence-corrected chi connectivity index (χ4v) is 2.31. The average molecular weight is 236 g/mol. The van der Waals surface area contributed by atoms with Crippen LogP contribution < -0.4 is 9.64 Å². The first-order chi connectivity index (χ1) is 8.20. The molecule has 0 radical (unpaired) electrons. The molecule has 17 heavy (non-hydrogen) atoms. The van der Waals surface area contributed by atoms with Gasteiger partial charge in [-0.1, -0.05) is 0 Å². The predicted octanol–water partition coefficient (Wildman–Crippen LogP) is 1.94. The Bertz CT molecular complexity index is 391. The van der Waals surface area contributed by atoms with Crippen molar-refractivity contribution in [3.05, 3.63) is 34.4 Å². The van der Waals surface area contributed by atoms with Crippen LogP contribution in [0.4, 0.5) is 5.69 Å². The highest BCUT2D eigenvalue weighted by molar-refractivity contribution is 5.50. The van der Waals surface area contributed by atoms with E-state index in [1.54, 1.807) is 7.11 Å². The number of rotatable bonds is 4. The van der Waals surface area contributed by atoms with E-state index in [9.17, 15) is 10.1 Å². The molecule has 1 fully saturated rings. The molecule has 92 valence electrons. The van der Waals surface area contributed by atoms with Crippen molar-refractivity contribution >= 4 is 5.69 Å². The number of nitrogens with zero attached hydrogens (tertiary/aromatic N) is 2. The lowest BCUT2D eigenvalue weighted by Crippen LogP contribution is -2.34. The van der Waals surface area contributed by atoms with E-state index < -0.39 is 0 Å². The lowest BCUT2D eigenvalue weighted by Gasteiger charge is -2.24. The van der Waals surface area contributed by atoms with Gasteiger partial charge in [-0.25, -0.2) is 0 Å². The zero-order valence-corrected chi connectivity index (χ0v) is 9.83. The summed E-state index contributed by atoms with van der Waals surface area (Å²) in [6.45, 7) is 0.914. The second kappa shape index (κ2) is 5.03. The van der Waals surface area contributed by atoms with E-state index in [0.717, 1.165) is 30.8 Å². The van der Waals surface area contributed by atoms with Gasteiger partial charge in [0.2, 0.25) is 6.54 Å². The third-order valence-electron chi connectivity index (χ3n) is 3.14. The molecule has 0 amide bonds. The van der Waals surface area contributed by atoms with E-state index >= 15 is 0 Å². The van der Waals surface area contributed by atoms with Gasteiger partial charge in [-0.15, -0.1) is 0 Å². The first-order valence-corrected chi connectivity index (χ1v) is 5.73. The molecule has 0 N–H and O–H groups in total. The predicted molar refractivity (Wildman–Crippen MR) is 65.2 cm³/mol. The van der Waals surface area contributed by atoms with Crippen molar-refractivity contribution in [1.82, 2.24) is 0 Å². The molecule has 1 aromatic rings. The van der Waals surface area contributed by atoms with Crippen LogP contribution in [0.3, 0.4) is 0 Å². The highest BCUT2D eigenvalue weighted by Gasteiger charge is 2.28. The van der Waals surface area contributed by atoms with Crippen LogP contribution in [0.2, 0.25) is 0 Å². The quantitative estimate of drug-likeness (QED) is 0.592. The van der Waals surface area contributed by atoms with Gasteiger partial charge in [0.25, 0.3) is 0 Å². The summed E-state index contributed by atoms with van der Waals surface area (Å²) < 4.78 is 5.10. The fraction of sp³-hybridized carbons (Fsp3) is 0.500. The van der Waals surface area contributed by atoms with Gasteiger partial charge in [-0.05, 0) is 37.1 Å². The van der Waals surface area contributed by atoms with E-state index in [1.807, 2.05) is 24.3 Å². The van der Waals surface area contributed by atoms with Gasteiger partial charge >= 0.3 is 0 Å². The summed E-state index contributed by atoms with van der Waals surface area (Å²) in [5.74, 6) is 0.804. The molecule has 0 aliphatic carbocycles. The van der Waals surface area contributed by atoms with Crippen LogP contribution in [-0.2, 0) is 0 Å². The standard InChI is InChI=1S/C12H16N2O3/c1-17-12-6-4-10(5-7-12)13-8-2-3-11(13)9-14(15)16/h4-7,11H,2-3,8-9H2,1H3. The summed E-state index contributed by atoms with van der Waals surface area (Å²) in [7, 11) is 1.63. The Hall–Kier alpha value is -1.78. The number of methoxy groups -OCH3 is 1. The van der Waals surface area contributed by atoms with Crippen molar-refractivity contribution in [1.29, 1.82) is 0 Å². The molecule has 5 nitrogen and oxygen atoms in total. The van der Waals surface area contributed by atoms with Gasteiger partial charge in [0.05, 0.1) is 13.2 Å². The van der Waals surface area contributed by atoms with Crippen LogP contribution in [0.25, 0.3) is 0 Å². The summed E-state index contributed by atoms with van der Waals surface area (Å²) in [5, 5.41) is 10.6. The van der Waals surface area contributed by atoms with Gasteiger partial charge in [-0.2, -0.15) is 0 Å². The zero-order chi connectivity index (χ0) is 12.3. The molecule has 1 unspecified atom stereocenters. The van der Waals surface area contributed by atoms with Crippen LogP contribution in [0.5, 0.6) is 5.75 Å². The second-order valence-electron chi connectivity index (χ2n) is 4.20. The van der Waals surface area contributed by atoms with Crippen LogP contribution in [-0.4, -0.2) is 31.2 Å². The van der Waals surface area contributed by atoms with Crippen LogP contribution in [0.1, 0.15) is 12.8 Å². The van der Waals surface area contributed by atoms with Crippen molar-refractivity contribution in [2.24, 2.45) is 0 Å². The molecular formula is C12H16N2O3. The molecule has 1 aliphatic rings. The Morgan fingerprint density at radius 1 is 1.47 bits per heavy atom. The Balaban J connectivity index is 2.11. The van der Waals surface area contributed by atoms with Gasteiger partial charge < -0.3 is 9.64 Å². The van der Waals surface area contributed by atoms with Crippen LogP contribution >= 0.6 is 0 Å². The maximum absolute atomic E-state index is 10.6. The van der Waals surface area contributed by atoms with E-state index in [-0.39, 0.29) is 17.5 Å². The van der Waals surface area contributed by atoms with Crippen molar-refractivity contribution in [3.63, 3.8) is 0 Å². The lowest BCUT2D eigenvalue weighted by atomic mass is 10.2. The van der Waals surface area contributed by atoms with Gasteiger partial charge in [0.1, 0.15) is 5.75 Å². The molecule has 1 atom stereocenters. The third kappa shape index (κ3) is 2.67. The molecule has 1 aliphatic heterocycles. The van der Waals surface area contributed by atoms with Crippen LogP contribution in [0.15, 0.2) is 24.3 Å². The van der Waals surface area contributed by atoms with Crippen molar-refractivity contribution in [2.45, 2.75) is 18.9 Å². The maximum atomic E-state index is 10.6. The largest absolute Gasteiger partial charge is 0.497 e. The minimum Gasteiger partial charge on any atom is -0.497 e. The number of nitro groups is 1. The Labute approximate surface area is 100 Å². The number of anilines is 1. The van der Waals surface area contributed by atoms with Gasteiger partial charge in [0, 0.05) is 17.2 Å². The lowest BCUT2D eigenvalue weighted by molar-refractivity contribution is -0.482. The first-order valence-electron chi connectivity index (χ1n) is 5.73. The molecule has 0 aromatic heterocycles. The Morgan fingerprint density at radius 2 is 2.18 bits per heavy atom. The molecule has 0 spiro atoms. The number of benzene rings is 1. The fourth-order valence-electron chi connectivity index (χ4n) is 2.31. The van der Waals surface area contributed by atoms with Crippen molar-refractivity contribution in [3.8, 4) is 5.75 Å². The molecule has 0 bridgehead atoms. The average Bonchev–Trinajstić information content (AvgIpc) is 2.76. The summed E-state index contributed by atoms with van der Waals surface area (Å²) in [4.78, 5) is 12.5. The SMILES string of the molecule is COc1ccc(N2CCCC2C[N+](=O)[O-])cc1. The minimum absolute atomic E-state index is 0.0199. The highest BCUT2D eigenvalue weighted by atomic mass is 16.6.